The Morgan fingerprint density at radius 1 is 0.232 bits per heavy atom. The molecule has 0 radical (unpaired) electrons. The van der Waals surface area contributed by atoms with Crippen molar-refractivity contribution >= 4 is 108 Å². The van der Waals surface area contributed by atoms with Crippen molar-refractivity contribution < 1.29 is 0 Å². The Morgan fingerprint density at radius 3 is 0.875 bits per heavy atom. The molecule has 0 amide bonds. The summed E-state index contributed by atoms with van der Waals surface area (Å²) >= 11 is 0. The van der Waals surface area contributed by atoms with Gasteiger partial charge in [0.1, 0.15) is 0 Å². The van der Waals surface area contributed by atoms with Crippen LogP contribution in [0.5, 0.6) is 0 Å². The van der Waals surface area contributed by atoms with Crippen molar-refractivity contribution in [3.63, 3.8) is 0 Å². The van der Waals surface area contributed by atoms with E-state index in [4.69, 9.17) is 0 Å². The van der Waals surface area contributed by atoms with Crippen LogP contribution in [0.4, 0.5) is 0 Å². The van der Waals surface area contributed by atoms with Crippen molar-refractivity contribution in [1.82, 2.24) is 9.97 Å². The number of hydrogen-bond donors (Lipinski definition) is 2. The molecule has 13 rings (SSSR count). The smallest absolute Gasteiger partial charge is 0.0551 e. The summed E-state index contributed by atoms with van der Waals surface area (Å²) < 4.78 is 0. The van der Waals surface area contributed by atoms with Crippen molar-refractivity contribution in [2.45, 2.75) is 0 Å². The Hall–Kier alpha value is -7.42. The second-order valence-electron chi connectivity index (χ2n) is 15.3. The molecule has 0 aliphatic carbocycles. The maximum absolute atomic E-state index is 3.84. The summed E-state index contributed by atoms with van der Waals surface area (Å²) in [6.07, 6.45) is 0. The molecule has 0 aliphatic rings. The van der Waals surface area contributed by atoms with Gasteiger partial charge in [-0.2, -0.15) is 0 Å². The van der Waals surface area contributed by atoms with Crippen LogP contribution in [0.2, 0.25) is 0 Å². The highest BCUT2D eigenvalue weighted by Gasteiger charge is 2.20. The zero-order valence-electron chi connectivity index (χ0n) is 30.3. The first-order chi connectivity index (χ1) is 27.8. The first-order valence-corrected chi connectivity index (χ1v) is 19.4. The minimum atomic E-state index is 1.16. The van der Waals surface area contributed by atoms with Gasteiger partial charge in [0, 0.05) is 43.4 Å². The van der Waals surface area contributed by atoms with E-state index in [1.807, 2.05) is 0 Å². The number of fused-ring (bicyclic) bond motifs is 18. The third-order valence-electron chi connectivity index (χ3n) is 12.5. The van der Waals surface area contributed by atoms with E-state index in [9.17, 15) is 0 Å². The summed E-state index contributed by atoms with van der Waals surface area (Å²) in [7, 11) is 0. The summed E-state index contributed by atoms with van der Waals surface area (Å²) in [5.41, 5.74) is 9.69. The molecule has 0 saturated heterocycles. The van der Waals surface area contributed by atoms with Crippen molar-refractivity contribution in [2.75, 3.05) is 0 Å². The normalized spacial score (nSPS) is 12.3. The first-order valence-electron chi connectivity index (χ1n) is 19.4. The molecule has 0 atom stereocenters. The second kappa shape index (κ2) is 11.1. The highest BCUT2D eigenvalue weighted by Crippen LogP contribution is 2.47. The maximum atomic E-state index is 3.84. The minimum Gasteiger partial charge on any atom is -0.354 e. The topological polar surface area (TPSA) is 31.6 Å². The first kappa shape index (κ1) is 30.0. The van der Waals surface area contributed by atoms with Gasteiger partial charge in [-0.1, -0.05) is 158 Å². The van der Waals surface area contributed by atoms with Crippen LogP contribution in [0.25, 0.3) is 131 Å². The molecular weight excluding hydrogens is 677 g/mol. The van der Waals surface area contributed by atoms with Gasteiger partial charge in [-0.05, 0) is 100 Å². The molecule has 0 unspecified atom stereocenters. The number of rotatable bonds is 2. The second-order valence-corrected chi connectivity index (χ2v) is 15.3. The van der Waals surface area contributed by atoms with Crippen LogP contribution in [-0.4, -0.2) is 9.97 Å². The molecule has 56 heavy (non-hydrogen) atoms. The standard InChI is InChI=1S/C54H32N2/c1-5-17-37-33(13-1)35-15-3-11-23-43(35)53-51(37)45-29-31(25-27-47(45)55-53)49-39-19-7-9-21-41(39)50(42-22-10-8-20-40(42)49)32-26-28-48-46(30-32)52-38-18-6-2-14-34(38)36-16-4-12-24-44(36)54(52)56-48/h1-30,55-56H. The van der Waals surface area contributed by atoms with Crippen molar-refractivity contribution in [2.24, 2.45) is 0 Å². The fourth-order valence-corrected chi connectivity index (χ4v) is 10.2. The molecular formula is C54H32N2. The molecule has 0 bridgehead atoms. The van der Waals surface area contributed by atoms with E-state index in [2.05, 4.69) is 192 Å². The van der Waals surface area contributed by atoms with Crippen molar-refractivity contribution in [3.05, 3.63) is 182 Å². The van der Waals surface area contributed by atoms with E-state index in [1.54, 1.807) is 0 Å². The summed E-state index contributed by atoms with van der Waals surface area (Å²) in [6.45, 7) is 0. The number of aromatic amines is 2. The third kappa shape index (κ3) is 3.95. The van der Waals surface area contributed by atoms with Gasteiger partial charge in [0.2, 0.25) is 0 Å². The lowest BCUT2D eigenvalue weighted by molar-refractivity contribution is 1.56. The van der Waals surface area contributed by atoms with Crippen LogP contribution in [0.3, 0.4) is 0 Å². The molecule has 258 valence electrons. The SMILES string of the molecule is c1ccc2c(-c3ccc4[nH]c5c6ccccc6c6ccccc6c5c4c3)c3ccccc3c(-c3ccc4[nH]c5c6ccccc6c6ccccc6c5c4c3)c2c1. The van der Waals surface area contributed by atoms with E-state index in [0.29, 0.717) is 0 Å². The van der Waals surface area contributed by atoms with Gasteiger partial charge in [-0.25, -0.2) is 0 Å². The predicted molar refractivity (Wildman–Crippen MR) is 241 cm³/mol. The predicted octanol–water partition coefficient (Wildman–Crippen LogP) is 15.2. The Morgan fingerprint density at radius 2 is 0.518 bits per heavy atom. The zero-order valence-corrected chi connectivity index (χ0v) is 30.3. The number of nitrogens with one attached hydrogen (secondary N) is 2. The van der Waals surface area contributed by atoms with Crippen LogP contribution in [-0.2, 0) is 0 Å². The van der Waals surface area contributed by atoms with Crippen molar-refractivity contribution in [1.29, 1.82) is 0 Å². The summed E-state index contributed by atoms with van der Waals surface area (Å²) in [6, 6.07) is 67.3. The van der Waals surface area contributed by atoms with Gasteiger partial charge in [-0.3, -0.25) is 0 Å². The monoisotopic (exact) mass is 708 g/mol. The van der Waals surface area contributed by atoms with Gasteiger partial charge in [0.15, 0.2) is 0 Å². The number of benzene rings is 11. The Kier molecular flexibility index (Phi) is 5.92. The number of H-pyrrole nitrogens is 2. The molecule has 0 aliphatic heterocycles. The third-order valence-corrected chi connectivity index (χ3v) is 12.5. The largest absolute Gasteiger partial charge is 0.354 e. The zero-order chi connectivity index (χ0) is 36.5. The molecule has 2 heterocycles. The van der Waals surface area contributed by atoms with Gasteiger partial charge in [0.25, 0.3) is 0 Å². The lowest BCUT2D eigenvalue weighted by atomic mass is 9.85. The molecule has 0 spiro atoms. The highest BCUT2D eigenvalue weighted by molar-refractivity contribution is 6.33. The Labute approximate surface area is 321 Å². The summed E-state index contributed by atoms with van der Waals surface area (Å²) in [4.78, 5) is 7.68. The lowest BCUT2D eigenvalue weighted by Crippen LogP contribution is -1.91. The molecule has 2 N–H and O–H groups in total. The fourth-order valence-electron chi connectivity index (χ4n) is 10.2. The number of aromatic nitrogens is 2. The van der Waals surface area contributed by atoms with Crippen LogP contribution in [0.15, 0.2) is 182 Å². The maximum Gasteiger partial charge on any atom is 0.0551 e. The fraction of sp³-hybridized carbons (Fsp3) is 0. The molecule has 11 aromatic carbocycles. The van der Waals surface area contributed by atoms with Crippen LogP contribution < -0.4 is 0 Å². The molecule has 2 aromatic heterocycles. The molecule has 0 saturated carbocycles. The van der Waals surface area contributed by atoms with E-state index in [0.717, 1.165) is 11.0 Å². The van der Waals surface area contributed by atoms with Gasteiger partial charge in [0.05, 0.1) is 11.0 Å². The van der Waals surface area contributed by atoms with Gasteiger partial charge in [-0.15, -0.1) is 0 Å². The van der Waals surface area contributed by atoms with Gasteiger partial charge < -0.3 is 9.97 Å². The average Bonchev–Trinajstić information content (AvgIpc) is 3.85. The summed E-state index contributed by atoms with van der Waals surface area (Å²) in [5.74, 6) is 0. The molecule has 2 nitrogen and oxygen atoms in total. The van der Waals surface area contributed by atoms with Crippen LogP contribution in [0, 0.1) is 0 Å². The quantitative estimate of drug-likeness (QED) is 0.132. The van der Waals surface area contributed by atoms with E-state index in [-0.39, 0.29) is 0 Å². The van der Waals surface area contributed by atoms with Gasteiger partial charge >= 0.3 is 0 Å². The Bertz CT molecular complexity index is 3510. The van der Waals surface area contributed by atoms with Crippen molar-refractivity contribution in [3.8, 4) is 22.3 Å². The average molecular weight is 709 g/mol. The summed E-state index contributed by atoms with van der Waals surface area (Å²) in [5, 5.41) is 20.3. The lowest BCUT2D eigenvalue weighted by Gasteiger charge is -2.18. The molecule has 13 aromatic rings. The number of hydrogen-bond acceptors (Lipinski definition) is 0. The molecule has 0 fully saturated rings. The van der Waals surface area contributed by atoms with E-state index in [1.165, 1.54) is 119 Å². The molecule has 2 heteroatoms. The van der Waals surface area contributed by atoms with E-state index >= 15 is 0 Å². The highest BCUT2D eigenvalue weighted by atomic mass is 14.7. The Balaban J connectivity index is 1.10. The van der Waals surface area contributed by atoms with Crippen LogP contribution in [0.1, 0.15) is 0 Å². The van der Waals surface area contributed by atoms with E-state index < -0.39 is 0 Å². The van der Waals surface area contributed by atoms with Crippen LogP contribution >= 0.6 is 0 Å². The minimum absolute atomic E-state index is 1.16.